The first-order valence-electron chi connectivity index (χ1n) is 2.62. The van der Waals surface area contributed by atoms with Crippen LogP contribution in [0.25, 0.3) is 0 Å². The van der Waals surface area contributed by atoms with Gasteiger partial charge >= 0.3 is 0 Å². The van der Waals surface area contributed by atoms with Gasteiger partial charge < -0.3 is 15.6 Å². The second-order valence-electron chi connectivity index (χ2n) is 1.79. The second kappa shape index (κ2) is 2.26. The average molecular weight is 102 g/mol. The quantitative estimate of drug-likeness (QED) is 0.346. The van der Waals surface area contributed by atoms with Gasteiger partial charge in [-0.1, -0.05) is 0 Å². The van der Waals surface area contributed by atoms with Crippen LogP contribution in [0.1, 0.15) is 0 Å². The number of rotatable bonds is 0. The van der Waals surface area contributed by atoms with Crippen molar-refractivity contribution in [3.8, 4) is 0 Å². The summed E-state index contributed by atoms with van der Waals surface area (Å²) in [5.74, 6) is 0. The molecule has 0 aromatic heterocycles. The van der Waals surface area contributed by atoms with Crippen LogP contribution in [-0.4, -0.2) is 26.2 Å². The Labute approximate surface area is 42.9 Å². The molecule has 0 aromatic carbocycles. The average Bonchev–Trinajstić information content (AvgIpc) is 1.69. The van der Waals surface area contributed by atoms with Crippen LogP contribution in [0.4, 0.5) is 0 Å². The maximum atomic E-state index is 10.4. The molecular weight excluding hydrogens is 92.1 g/mol. The van der Waals surface area contributed by atoms with Crippen molar-refractivity contribution < 1.29 is 5.06 Å². The summed E-state index contributed by atoms with van der Waals surface area (Å²) in [6, 6.07) is 0. The summed E-state index contributed by atoms with van der Waals surface area (Å²) in [4.78, 5) is 0. The van der Waals surface area contributed by atoms with Crippen molar-refractivity contribution in [3.63, 3.8) is 0 Å². The first-order chi connectivity index (χ1) is 3.39. The van der Waals surface area contributed by atoms with Gasteiger partial charge in [-0.05, 0) is 0 Å². The van der Waals surface area contributed by atoms with E-state index in [-0.39, 0.29) is 0 Å². The first-order valence-corrected chi connectivity index (χ1v) is 2.62. The van der Waals surface area contributed by atoms with Crippen LogP contribution in [0.3, 0.4) is 0 Å². The fourth-order valence-corrected chi connectivity index (χ4v) is 0.706. The van der Waals surface area contributed by atoms with Gasteiger partial charge in [0.1, 0.15) is 0 Å². The van der Waals surface area contributed by atoms with Crippen molar-refractivity contribution in [2.75, 3.05) is 26.2 Å². The summed E-state index contributed by atoms with van der Waals surface area (Å²) >= 11 is 0. The van der Waals surface area contributed by atoms with E-state index in [0.29, 0.717) is 5.06 Å². The van der Waals surface area contributed by atoms with Gasteiger partial charge in [-0.15, -0.1) is 0 Å². The molecule has 0 unspecified atom stereocenters. The zero-order valence-corrected chi connectivity index (χ0v) is 4.24. The van der Waals surface area contributed by atoms with Crippen LogP contribution < -0.4 is 10.4 Å². The molecule has 1 fully saturated rings. The van der Waals surface area contributed by atoms with Crippen molar-refractivity contribution >= 4 is 0 Å². The smallest absolute Gasteiger partial charge is 0.0895 e. The lowest BCUT2D eigenvalue weighted by molar-refractivity contribution is -0.850. The first kappa shape index (κ1) is 5.03. The minimum atomic E-state index is 0.402. The van der Waals surface area contributed by atoms with E-state index in [1.807, 2.05) is 0 Å². The highest BCUT2D eigenvalue weighted by Crippen LogP contribution is 1.59. The second-order valence-corrected chi connectivity index (χ2v) is 1.79. The summed E-state index contributed by atoms with van der Waals surface area (Å²) in [6.45, 7) is 3.25. The Hall–Kier alpha value is -0.120. The highest BCUT2D eigenvalue weighted by molar-refractivity contribution is 4.48. The largest absolute Gasteiger partial charge is 0.634 e. The molecule has 0 radical (unpaired) electrons. The molecule has 3 nitrogen and oxygen atoms in total. The molecule has 0 spiro atoms. The summed E-state index contributed by atoms with van der Waals surface area (Å²) in [6.07, 6.45) is 0. The van der Waals surface area contributed by atoms with E-state index in [1.54, 1.807) is 0 Å². The number of piperazine rings is 1. The molecule has 2 N–H and O–H groups in total. The molecular formula is C4H10N2O. The molecule has 0 saturated carbocycles. The minimum absolute atomic E-state index is 0.402. The molecule has 42 valence electrons. The number of quaternary nitrogens is 1. The predicted molar refractivity (Wildman–Crippen MR) is 26.9 cm³/mol. The maximum Gasteiger partial charge on any atom is 0.0895 e. The van der Waals surface area contributed by atoms with Crippen LogP contribution in [0.15, 0.2) is 0 Å². The molecule has 1 rings (SSSR count). The van der Waals surface area contributed by atoms with Gasteiger partial charge in [0, 0.05) is 13.1 Å². The third-order valence-electron chi connectivity index (χ3n) is 1.16. The standard InChI is InChI=1S/C4H10N2O/c7-6-3-1-5-2-4-6/h5-6H,1-4H2. The maximum absolute atomic E-state index is 10.4. The molecule has 1 saturated heterocycles. The van der Waals surface area contributed by atoms with Crippen molar-refractivity contribution in [2.45, 2.75) is 0 Å². The Bertz CT molecular complexity index is 51.7. The van der Waals surface area contributed by atoms with E-state index in [4.69, 9.17) is 0 Å². The van der Waals surface area contributed by atoms with Crippen LogP contribution >= 0.6 is 0 Å². The number of nitrogens with one attached hydrogen (secondary N) is 2. The van der Waals surface area contributed by atoms with Crippen molar-refractivity contribution in [1.29, 1.82) is 0 Å². The lowest BCUT2D eigenvalue weighted by atomic mass is 10.4. The van der Waals surface area contributed by atoms with E-state index in [0.717, 1.165) is 26.2 Å². The van der Waals surface area contributed by atoms with Gasteiger partial charge in [0.2, 0.25) is 0 Å². The Balaban J connectivity index is 2.12. The zero-order valence-electron chi connectivity index (χ0n) is 4.24. The molecule has 7 heavy (non-hydrogen) atoms. The topological polar surface area (TPSA) is 39.5 Å². The summed E-state index contributed by atoms with van der Waals surface area (Å²) in [7, 11) is 0. The molecule has 0 bridgehead atoms. The fraction of sp³-hybridized carbons (Fsp3) is 1.00. The van der Waals surface area contributed by atoms with Crippen LogP contribution in [0.5, 0.6) is 0 Å². The van der Waals surface area contributed by atoms with E-state index in [2.05, 4.69) is 5.32 Å². The van der Waals surface area contributed by atoms with Gasteiger partial charge in [-0.2, -0.15) is 0 Å². The third kappa shape index (κ3) is 1.43. The van der Waals surface area contributed by atoms with Gasteiger partial charge in [-0.3, -0.25) is 0 Å². The van der Waals surface area contributed by atoms with Crippen LogP contribution in [0.2, 0.25) is 0 Å². The molecule has 0 atom stereocenters. The van der Waals surface area contributed by atoms with E-state index >= 15 is 0 Å². The Morgan fingerprint density at radius 2 is 1.86 bits per heavy atom. The van der Waals surface area contributed by atoms with Gasteiger partial charge in [0.15, 0.2) is 0 Å². The number of hydroxylamine groups is 2. The summed E-state index contributed by atoms with van der Waals surface area (Å²) < 4.78 is 0. The summed E-state index contributed by atoms with van der Waals surface area (Å²) in [5.41, 5.74) is 0. The van der Waals surface area contributed by atoms with Crippen LogP contribution in [0, 0.1) is 5.21 Å². The van der Waals surface area contributed by atoms with Crippen molar-refractivity contribution in [3.05, 3.63) is 5.21 Å². The lowest BCUT2D eigenvalue weighted by Crippen LogP contribution is -3.10. The van der Waals surface area contributed by atoms with Crippen molar-refractivity contribution in [1.82, 2.24) is 5.32 Å². The van der Waals surface area contributed by atoms with E-state index < -0.39 is 0 Å². The Morgan fingerprint density at radius 3 is 2.14 bits per heavy atom. The molecule has 0 aromatic rings. The third-order valence-corrected chi connectivity index (χ3v) is 1.16. The highest BCUT2D eigenvalue weighted by Gasteiger charge is 2.01. The molecule has 0 amide bonds. The van der Waals surface area contributed by atoms with Crippen molar-refractivity contribution in [2.24, 2.45) is 0 Å². The zero-order chi connectivity index (χ0) is 5.11. The summed E-state index contributed by atoms with van der Waals surface area (Å²) in [5, 5.41) is 13.9. The number of hydrogen-bond acceptors (Lipinski definition) is 2. The predicted octanol–water partition coefficient (Wildman–Crippen LogP) is -2.03. The Morgan fingerprint density at radius 1 is 1.29 bits per heavy atom. The van der Waals surface area contributed by atoms with E-state index in [9.17, 15) is 5.21 Å². The lowest BCUT2D eigenvalue weighted by Gasteiger charge is -2.26. The monoisotopic (exact) mass is 102 g/mol. The molecule has 1 aliphatic heterocycles. The number of hydrogen-bond donors (Lipinski definition) is 2. The molecule has 0 aliphatic carbocycles. The van der Waals surface area contributed by atoms with E-state index in [1.165, 1.54) is 0 Å². The molecule has 1 heterocycles. The molecule has 1 aliphatic rings. The van der Waals surface area contributed by atoms with Crippen LogP contribution in [-0.2, 0) is 0 Å². The van der Waals surface area contributed by atoms with Gasteiger partial charge in [0.05, 0.1) is 13.1 Å². The minimum Gasteiger partial charge on any atom is -0.634 e. The Kier molecular flexibility index (Phi) is 1.62. The fourth-order valence-electron chi connectivity index (χ4n) is 0.706. The SMILES string of the molecule is [O-][NH+]1CCNCC1. The highest BCUT2D eigenvalue weighted by atomic mass is 16.5. The van der Waals surface area contributed by atoms with Gasteiger partial charge in [-0.25, -0.2) is 0 Å². The molecule has 3 heteroatoms. The normalized spacial score (nSPS) is 25.3. The van der Waals surface area contributed by atoms with Gasteiger partial charge in [0.25, 0.3) is 0 Å².